The van der Waals surface area contributed by atoms with Crippen molar-refractivity contribution in [3.05, 3.63) is 65.6 Å². The van der Waals surface area contributed by atoms with Crippen molar-refractivity contribution >= 4 is 61.7 Å². The van der Waals surface area contributed by atoms with Crippen LogP contribution in [-0.4, -0.2) is 5.11 Å². The lowest BCUT2D eigenvalue weighted by Crippen LogP contribution is -2.03. The van der Waals surface area contributed by atoms with Crippen LogP contribution in [0.5, 0.6) is 0 Å². The van der Waals surface area contributed by atoms with Gasteiger partial charge in [-0.1, -0.05) is 39.1 Å². The summed E-state index contributed by atoms with van der Waals surface area (Å²) in [6.07, 6.45) is -0.196. The van der Waals surface area contributed by atoms with Gasteiger partial charge in [0, 0.05) is 24.5 Å². The molecule has 0 aliphatic heterocycles. The minimum atomic E-state index is -0.625. The lowest BCUT2D eigenvalue weighted by molar-refractivity contribution is 0.177. The predicted molar refractivity (Wildman–Crippen MR) is 92.0 cm³/mol. The van der Waals surface area contributed by atoms with Gasteiger partial charge in [-0.15, -0.1) is 0 Å². The first kappa shape index (κ1) is 15.6. The van der Waals surface area contributed by atoms with E-state index < -0.39 is 6.10 Å². The number of hydrogen-bond donors (Lipinski definition) is 1. The number of aliphatic hydroxyl groups excluding tert-OH is 1. The SMILES string of the molecule is OC(Cc1cc(Cl)ccc1Cl)c1cc(I)ccc1Br. The second kappa shape index (κ2) is 6.76. The Morgan fingerprint density at radius 1 is 1.16 bits per heavy atom. The summed E-state index contributed by atoms with van der Waals surface area (Å²) in [5.41, 5.74) is 1.69. The molecular weight excluding hydrogens is 462 g/mol. The Hall–Kier alpha value is 0.190. The first-order valence-electron chi connectivity index (χ1n) is 5.54. The maximum Gasteiger partial charge on any atom is 0.0842 e. The van der Waals surface area contributed by atoms with Crippen molar-refractivity contribution in [2.24, 2.45) is 0 Å². The lowest BCUT2D eigenvalue weighted by Gasteiger charge is -2.14. The van der Waals surface area contributed by atoms with E-state index in [1.165, 1.54) is 0 Å². The molecule has 1 unspecified atom stereocenters. The first-order valence-corrected chi connectivity index (χ1v) is 8.17. The molecule has 0 aliphatic carbocycles. The molecule has 0 spiro atoms. The van der Waals surface area contributed by atoms with Gasteiger partial charge in [-0.25, -0.2) is 0 Å². The Kier molecular flexibility index (Phi) is 5.55. The highest BCUT2D eigenvalue weighted by molar-refractivity contribution is 14.1. The quantitative estimate of drug-likeness (QED) is 0.575. The molecule has 0 bridgehead atoms. The molecule has 0 saturated carbocycles. The van der Waals surface area contributed by atoms with Crippen LogP contribution < -0.4 is 0 Å². The predicted octanol–water partition coefficient (Wildman–Crippen LogP) is 5.64. The highest BCUT2D eigenvalue weighted by Gasteiger charge is 2.14. The van der Waals surface area contributed by atoms with Gasteiger partial charge in [0.25, 0.3) is 0 Å². The van der Waals surface area contributed by atoms with Gasteiger partial charge in [-0.2, -0.15) is 0 Å². The zero-order valence-electron chi connectivity index (χ0n) is 9.71. The molecule has 0 aliphatic rings. The smallest absolute Gasteiger partial charge is 0.0842 e. The maximum atomic E-state index is 10.4. The molecule has 2 rings (SSSR count). The van der Waals surface area contributed by atoms with Crippen LogP contribution in [0.25, 0.3) is 0 Å². The van der Waals surface area contributed by atoms with Gasteiger partial charge in [0.2, 0.25) is 0 Å². The molecule has 1 nitrogen and oxygen atoms in total. The third kappa shape index (κ3) is 4.08. The number of rotatable bonds is 3. The molecule has 100 valence electrons. The zero-order chi connectivity index (χ0) is 14.0. The van der Waals surface area contributed by atoms with Gasteiger partial charge in [0.1, 0.15) is 0 Å². The summed E-state index contributed by atoms with van der Waals surface area (Å²) in [6, 6.07) is 11.1. The number of hydrogen-bond acceptors (Lipinski definition) is 1. The fourth-order valence-corrected chi connectivity index (χ4v) is 3.20. The molecule has 0 heterocycles. The number of benzene rings is 2. The van der Waals surface area contributed by atoms with Crippen molar-refractivity contribution in [3.8, 4) is 0 Å². The van der Waals surface area contributed by atoms with Crippen LogP contribution in [0.4, 0.5) is 0 Å². The minimum Gasteiger partial charge on any atom is -0.388 e. The second-order valence-electron chi connectivity index (χ2n) is 4.12. The monoisotopic (exact) mass is 470 g/mol. The highest BCUT2D eigenvalue weighted by atomic mass is 127. The van der Waals surface area contributed by atoms with E-state index in [4.69, 9.17) is 23.2 Å². The maximum absolute atomic E-state index is 10.4. The topological polar surface area (TPSA) is 20.2 Å². The van der Waals surface area contributed by atoms with Crippen LogP contribution in [0.3, 0.4) is 0 Å². The van der Waals surface area contributed by atoms with Crippen molar-refractivity contribution in [3.63, 3.8) is 0 Å². The molecule has 1 atom stereocenters. The minimum absolute atomic E-state index is 0.429. The Balaban J connectivity index is 2.27. The van der Waals surface area contributed by atoms with E-state index in [1.54, 1.807) is 18.2 Å². The van der Waals surface area contributed by atoms with E-state index in [9.17, 15) is 5.11 Å². The summed E-state index contributed by atoms with van der Waals surface area (Å²) in [6.45, 7) is 0. The molecule has 0 fully saturated rings. The van der Waals surface area contributed by atoms with E-state index in [0.29, 0.717) is 16.5 Å². The van der Waals surface area contributed by atoms with Gasteiger partial charge in [0.05, 0.1) is 6.10 Å². The molecule has 5 heteroatoms. The van der Waals surface area contributed by atoms with E-state index in [-0.39, 0.29) is 0 Å². The van der Waals surface area contributed by atoms with Crippen molar-refractivity contribution in [2.75, 3.05) is 0 Å². The average molecular weight is 472 g/mol. The Morgan fingerprint density at radius 2 is 1.89 bits per heavy atom. The normalized spacial score (nSPS) is 12.5. The summed E-state index contributed by atoms with van der Waals surface area (Å²) in [7, 11) is 0. The fraction of sp³-hybridized carbons (Fsp3) is 0.143. The zero-order valence-corrected chi connectivity index (χ0v) is 15.0. The second-order valence-corrected chi connectivity index (χ2v) is 7.07. The molecule has 0 amide bonds. The molecule has 1 N–H and O–H groups in total. The van der Waals surface area contributed by atoms with Crippen molar-refractivity contribution in [1.82, 2.24) is 0 Å². The van der Waals surface area contributed by atoms with Crippen LogP contribution in [0.15, 0.2) is 40.9 Å². The van der Waals surface area contributed by atoms with Gasteiger partial charge < -0.3 is 5.11 Å². The summed E-state index contributed by atoms with van der Waals surface area (Å²) in [4.78, 5) is 0. The van der Waals surface area contributed by atoms with E-state index in [0.717, 1.165) is 19.2 Å². The largest absolute Gasteiger partial charge is 0.388 e. The van der Waals surface area contributed by atoms with Crippen LogP contribution in [0.2, 0.25) is 10.0 Å². The van der Waals surface area contributed by atoms with Gasteiger partial charge in [-0.05, 0) is 70.1 Å². The Morgan fingerprint density at radius 3 is 2.63 bits per heavy atom. The van der Waals surface area contributed by atoms with Gasteiger partial charge in [-0.3, -0.25) is 0 Å². The molecule has 2 aromatic carbocycles. The Labute approximate surface area is 144 Å². The fourth-order valence-electron chi connectivity index (χ4n) is 1.79. The number of aliphatic hydroxyl groups is 1. The summed E-state index contributed by atoms with van der Waals surface area (Å²) >= 11 is 17.7. The summed E-state index contributed by atoms with van der Waals surface area (Å²) in [5.74, 6) is 0. The molecule has 0 radical (unpaired) electrons. The number of halogens is 4. The van der Waals surface area contributed by atoms with Gasteiger partial charge in [0.15, 0.2) is 0 Å². The summed E-state index contributed by atoms with van der Waals surface area (Å²) in [5, 5.41) is 11.6. The molecule has 19 heavy (non-hydrogen) atoms. The van der Waals surface area contributed by atoms with E-state index in [2.05, 4.69) is 38.5 Å². The average Bonchev–Trinajstić information content (AvgIpc) is 2.36. The van der Waals surface area contributed by atoms with E-state index >= 15 is 0 Å². The van der Waals surface area contributed by atoms with Crippen molar-refractivity contribution < 1.29 is 5.11 Å². The molecule has 0 saturated heterocycles. The molecule has 0 aromatic heterocycles. The van der Waals surface area contributed by atoms with Crippen LogP contribution in [0.1, 0.15) is 17.2 Å². The van der Waals surface area contributed by atoms with Gasteiger partial charge >= 0.3 is 0 Å². The first-order chi connectivity index (χ1) is 8.97. The summed E-state index contributed by atoms with van der Waals surface area (Å²) < 4.78 is 1.96. The Bertz CT molecular complexity index is 604. The third-order valence-electron chi connectivity index (χ3n) is 2.74. The molecule has 2 aromatic rings. The molecular formula is C14H10BrCl2IO. The van der Waals surface area contributed by atoms with E-state index in [1.807, 2.05) is 18.2 Å². The highest BCUT2D eigenvalue weighted by Crippen LogP contribution is 2.30. The van der Waals surface area contributed by atoms with Crippen LogP contribution >= 0.6 is 61.7 Å². The van der Waals surface area contributed by atoms with Crippen molar-refractivity contribution in [1.29, 1.82) is 0 Å². The van der Waals surface area contributed by atoms with Crippen LogP contribution in [0, 0.1) is 3.57 Å². The van der Waals surface area contributed by atoms with Crippen LogP contribution in [-0.2, 0) is 6.42 Å². The third-order valence-corrected chi connectivity index (χ3v) is 4.74. The standard InChI is InChI=1S/C14H10BrCl2IO/c15-12-3-2-10(18)7-11(12)14(19)6-8-5-9(16)1-4-13(8)17/h1-5,7,14,19H,6H2. The van der Waals surface area contributed by atoms with Crippen molar-refractivity contribution in [2.45, 2.75) is 12.5 Å². The lowest BCUT2D eigenvalue weighted by atomic mass is 10.0.